The molecular weight excluding hydrogens is 367 g/mol. The molecule has 0 radical (unpaired) electrons. The fraction of sp³-hybridized carbons (Fsp3) is 0.412. The molecule has 2 aromatic rings. The minimum absolute atomic E-state index is 0. The highest BCUT2D eigenvalue weighted by Crippen LogP contribution is 2.36. The van der Waals surface area contributed by atoms with Gasteiger partial charge in [-0.2, -0.15) is 18.3 Å². The topological polar surface area (TPSA) is 72.0 Å². The van der Waals surface area contributed by atoms with Gasteiger partial charge in [0.15, 0.2) is 0 Å². The first-order chi connectivity index (χ1) is 11.5. The zero-order valence-electron chi connectivity index (χ0n) is 14.6. The van der Waals surface area contributed by atoms with Crippen LogP contribution in [0.15, 0.2) is 24.3 Å². The molecule has 1 N–H and O–H groups in total. The largest absolute Gasteiger partial charge is 0.416 e. The molecule has 1 aromatic heterocycles. The number of anilines is 1. The van der Waals surface area contributed by atoms with Crippen molar-refractivity contribution in [2.24, 2.45) is 0 Å². The van der Waals surface area contributed by atoms with Crippen LogP contribution in [0, 0.1) is 13.8 Å². The molecule has 5 nitrogen and oxygen atoms in total. The summed E-state index contributed by atoms with van der Waals surface area (Å²) in [6.45, 7) is 7.45. The van der Waals surface area contributed by atoms with Crippen LogP contribution >= 0.6 is 0 Å². The Hall–Kier alpha value is -2.16. The number of aromatic nitrogens is 2. The number of hydrogen-bond acceptors (Lipinski definition) is 4. The molecule has 0 aliphatic heterocycles. The van der Waals surface area contributed by atoms with Gasteiger partial charge in [-0.3, -0.25) is 4.72 Å². The van der Waals surface area contributed by atoms with Crippen LogP contribution < -0.4 is 4.72 Å². The van der Waals surface area contributed by atoms with Crippen molar-refractivity contribution in [1.82, 2.24) is 10.2 Å². The summed E-state index contributed by atoms with van der Waals surface area (Å²) in [5, 5.41) is 7.84. The van der Waals surface area contributed by atoms with Gasteiger partial charge in [0.1, 0.15) is 0 Å². The Bertz CT molecular complexity index is 851. The number of halogens is 3. The molecule has 0 aliphatic rings. The molecule has 0 atom stereocenters. The lowest BCUT2D eigenvalue weighted by atomic mass is 10.0. The number of alkyl halides is 3. The number of nitrogens with one attached hydrogen (secondary N) is 1. The van der Waals surface area contributed by atoms with Crippen LogP contribution in [-0.4, -0.2) is 24.9 Å². The Labute approximate surface area is 152 Å². The van der Waals surface area contributed by atoms with Crippen molar-refractivity contribution in [3.05, 3.63) is 41.1 Å². The van der Waals surface area contributed by atoms with Gasteiger partial charge in [-0.15, -0.1) is 5.10 Å². The molecule has 1 aromatic carbocycles. The van der Waals surface area contributed by atoms with Crippen LogP contribution in [0.3, 0.4) is 0 Å². The lowest BCUT2D eigenvalue weighted by Crippen LogP contribution is -2.13. The van der Waals surface area contributed by atoms with Gasteiger partial charge in [0.05, 0.1) is 28.9 Å². The van der Waals surface area contributed by atoms with Crippen LogP contribution in [0.1, 0.15) is 38.1 Å². The predicted molar refractivity (Wildman–Crippen MR) is 98.5 cm³/mol. The molecule has 0 saturated carbocycles. The SMILES string of the molecule is C.CC.Cc1cc(C)c(-c2ccc(C(F)(F)F)cc2NS(C)(=O)=O)nn1. The highest BCUT2D eigenvalue weighted by atomic mass is 32.2. The summed E-state index contributed by atoms with van der Waals surface area (Å²) in [6, 6.07) is 4.52. The molecule has 0 amide bonds. The lowest BCUT2D eigenvalue weighted by Gasteiger charge is -2.15. The fourth-order valence-electron chi connectivity index (χ4n) is 2.10. The first-order valence-electron chi connectivity index (χ1n) is 7.48. The summed E-state index contributed by atoms with van der Waals surface area (Å²) in [5.74, 6) is 0. The van der Waals surface area contributed by atoms with E-state index in [4.69, 9.17) is 0 Å². The highest BCUT2D eigenvalue weighted by molar-refractivity contribution is 7.92. The monoisotopic (exact) mass is 391 g/mol. The van der Waals surface area contributed by atoms with Crippen LogP contribution in [0.5, 0.6) is 0 Å². The Morgan fingerprint density at radius 3 is 2.08 bits per heavy atom. The molecule has 9 heteroatoms. The van der Waals surface area contributed by atoms with Crippen LogP contribution in [0.4, 0.5) is 18.9 Å². The number of rotatable bonds is 3. The molecule has 1 heterocycles. The minimum atomic E-state index is -4.58. The van der Waals surface area contributed by atoms with Crippen LogP contribution in [0.25, 0.3) is 11.3 Å². The van der Waals surface area contributed by atoms with E-state index in [0.29, 0.717) is 17.0 Å². The maximum absolute atomic E-state index is 12.9. The third kappa shape index (κ3) is 6.29. The summed E-state index contributed by atoms with van der Waals surface area (Å²) >= 11 is 0. The lowest BCUT2D eigenvalue weighted by molar-refractivity contribution is -0.137. The van der Waals surface area contributed by atoms with Crippen molar-refractivity contribution in [3.63, 3.8) is 0 Å². The maximum atomic E-state index is 12.9. The third-order valence-electron chi connectivity index (χ3n) is 3.00. The van der Waals surface area contributed by atoms with E-state index in [1.165, 1.54) is 6.07 Å². The van der Waals surface area contributed by atoms with Gasteiger partial charge < -0.3 is 0 Å². The van der Waals surface area contributed by atoms with Gasteiger partial charge >= 0.3 is 6.18 Å². The number of hydrogen-bond donors (Lipinski definition) is 1. The second-order valence-electron chi connectivity index (χ2n) is 5.15. The highest BCUT2D eigenvalue weighted by Gasteiger charge is 2.31. The van der Waals surface area contributed by atoms with E-state index in [1.807, 2.05) is 13.8 Å². The van der Waals surface area contributed by atoms with Gasteiger partial charge in [-0.1, -0.05) is 27.3 Å². The van der Waals surface area contributed by atoms with Crippen molar-refractivity contribution in [2.75, 3.05) is 11.0 Å². The Morgan fingerprint density at radius 1 is 1.04 bits per heavy atom. The maximum Gasteiger partial charge on any atom is 0.416 e. The van der Waals surface area contributed by atoms with Gasteiger partial charge in [-0.25, -0.2) is 8.42 Å². The van der Waals surface area contributed by atoms with E-state index in [9.17, 15) is 21.6 Å². The molecular formula is C17H24F3N3O2S. The number of benzene rings is 1. The molecule has 0 spiro atoms. The zero-order chi connectivity index (χ0) is 19.4. The standard InChI is InChI=1S/C14H14F3N3O2S.C2H6.CH4/c1-8-6-9(2)18-19-13(8)11-5-4-10(14(15,16)17)7-12(11)20-23(3,21)22;1-2;/h4-7,20H,1-3H3;1-2H3;1H4. The molecule has 2 rings (SSSR count). The first kappa shape index (κ1) is 23.8. The van der Waals surface area contributed by atoms with E-state index < -0.39 is 21.8 Å². The van der Waals surface area contributed by atoms with E-state index >= 15 is 0 Å². The Morgan fingerprint density at radius 2 is 1.62 bits per heavy atom. The van der Waals surface area contributed by atoms with E-state index in [1.54, 1.807) is 19.9 Å². The van der Waals surface area contributed by atoms with Gasteiger partial charge in [0.25, 0.3) is 0 Å². The smallest absolute Gasteiger partial charge is 0.283 e. The molecule has 0 bridgehead atoms. The summed E-state index contributed by atoms with van der Waals surface area (Å²) < 4.78 is 63.6. The summed E-state index contributed by atoms with van der Waals surface area (Å²) in [5.41, 5.74) is 0.724. The molecule has 26 heavy (non-hydrogen) atoms. The quantitative estimate of drug-likeness (QED) is 0.815. The second kappa shape index (κ2) is 8.98. The predicted octanol–water partition coefficient (Wildman–Crippen LogP) is 4.81. The van der Waals surface area contributed by atoms with Gasteiger partial charge in [0.2, 0.25) is 10.0 Å². The average Bonchev–Trinajstić information content (AvgIpc) is 2.47. The molecule has 0 saturated heterocycles. The van der Waals surface area contributed by atoms with E-state index in [0.717, 1.165) is 18.4 Å². The average molecular weight is 391 g/mol. The normalized spacial score (nSPS) is 11.1. The third-order valence-corrected chi connectivity index (χ3v) is 3.59. The summed E-state index contributed by atoms with van der Waals surface area (Å²) in [7, 11) is -3.76. The van der Waals surface area contributed by atoms with Gasteiger partial charge in [0, 0.05) is 5.56 Å². The number of sulfonamides is 1. The molecule has 0 unspecified atom stereocenters. The van der Waals surface area contributed by atoms with E-state index in [-0.39, 0.29) is 18.7 Å². The summed E-state index contributed by atoms with van der Waals surface area (Å²) in [4.78, 5) is 0. The van der Waals surface area contributed by atoms with Gasteiger partial charge in [-0.05, 0) is 37.6 Å². The number of aryl methyl sites for hydroxylation is 2. The molecule has 0 fully saturated rings. The first-order valence-corrected chi connectivity index (χ1v) is 9.37. The Kier molecular flexibility index (Phi) is 8.23. The van der Waals surface area contributed by atoms with Crippen molar-refractivity contribution >= 4 is 15.7 Å². The fourth-order valence-corrected chi connectivity index (χ4v) is 2.66. The molecule has 0 aliphatic carbocycles. The molecule has 146 valence electrons. The summed E-state index contributed by atoms with van der Waals surface area (Å²) in [6.07, 6.45) is -3.72. The van der Waals surface area contributed by atoms with E-state index in [2.05, 4.69) is 14.9 Å². The zero-order valence-corrected chi connectivity index (χ0v) is 15.4. The number of nitrogens with zero attached hydrogens (tertiary/aromatic N) is 2. The second-order valence-corrected chi connectivity index (χ2v) is 6.90. The van der Waals surface area contributed by atoms with Crippen molar-refractivity contribution in [1.29, 1.82) is 0 Å². The minimum Gasteiger partial charge on any atom is -0.283 e. The van der Waals surface area contributed by atoms with Crippen LogP contribution in [-0.2, 0) is 16.2 Å². The van der Waals surface area contributed by atoms with Crippen molar-refractivity contribution in [2.45, 2.75) is 41.3 Å². The van der Waals surface area contributed by atoms with Crippen molar-refractivity contribution < 1.29 is 21.6 Å². The Balaban J connectivity index is 0.00000201. The van der Waals surface area contributed by atoms with Crippen molar-refractivity contribution in [3.8, 4) is 11.3 Å². The van der Waals surface area contributed by atoms with Crippen LogP contribution in [0.2, 0.25) is 0 Å².